The topological polar surface area (TPSA) is 29.5 Å². The number of halogens is 3. The quantitative estimate of drug-likeness (QED) is 0.830. The summed E-state index contributed by atoms with van der Waals surface area (Å²) in [5.74, 6) is 0.0328. The van der Waals surface area contributed by atoms with E-state index in [0.29, 0.717) is 5.56 Å². The number of aliphatic hydroxyl groups excluding tert-OH is 1. The highest BCUT2D eigenvalue weighted by atomic mass is 19.4. The van der Waals surface area contributed by atoms with Gasteiger partial charge in [-0.1, -0.05) is 11.6 Å². The molecule has 15 heavy (non-hydrogen) atoms. The maximum absolute atomic E-state index is 12.3. The SMILES string of the molecule is COc1ccc(C)cc1[C@@H](O)C(F)(F)F. The van der Waals surface area contributed by atoms with Crippen molar-refractivity contribution in [3.63, 3.8) is 0 Å². The first-order valence-electron chi connectivity index (χ1n) is 4.25. The number of hydrogen-bond acceptors (Lipinski definition) is 2. The Morgan fingerprint density at radius 3 is 2.40 bits per heavy atom. The van der Waals surface area contributed by atoms with Crippen LogP contribution in [-0.2, 0) is 0 Å². The third kappa shape index (κ3) is 2.62. The number of hydrogen-bond donors (Lipinski definition) is 1. The van der Waals surface area contributed by atoms with Crippen molar-refractivity contribution in [3.05, 3.63) is 29.3 Å². The minimum absolute atomic E-state index is 0.0328. The molecule has 84 valence electrons. The largest absolute Gasteiger partial charge is 0.496 e. The van der Waals surface area contributed by atoms with Crippen molar-refractivity contribution in [1.82, 2.24) is 0 Å². The molecule has 0 aliphatic carbocycles. The summed E-state index contributed by atoms with van der Waals surface area (Å²) < 4.78 is 41.6. The summed E-state index contributed by atoms with van der Waals surface area (Å²) in [6, 6.07) is 4.28. The van der Waals surface area contributed by atoms with Gasteiger partial charge in [0.2, 0.25) is 0 Å². The molecule has 2 nitrogen and oxygen atoms in total. The fraction of sp³-hybridized carbons (Fsp3) is 0.400. The van der Waals surface area contributed by atoms with E-state index in [2.05, 4.69) is 0 Å². The van der Waals surface area contributed by atoms with E-state index in [4.69, 9.17) is 9.84 Å². The van der Waals surface area contributed by atoms with Gasteiger partial charge >= 0.3 is 6.18 Å². The molecule has 0 aliphatic rings. The number of ether oxygens (including phenoxy) is 1. The van der Waals surface area contributed by atoms with Gasteiger partial charge in [-0.3, -0.25) is 0 Å². The van der Waals surface area contributed by atoms with Crippen LogP contribution >= 0.6 is 0 Å². The third-order valence-corrected chi connectivity index (χ3v) is 1.99. The second kappa shape index (κ2) is 4.10. The third-order valence-electron chi connectivity index (χ3n) is 1.99. The molecule has 1 rings (SSSR count). The first-order chi connectivity index (χ1) is 6.86. The molecule has 0 radical (unpaired) electrons. The minimum atomic E-state index is -4.68. The van der Waals surface area contributed by atoms with Crippen molar-refractivity contribution >= 4 is 0 Å². The minimum Gasteiger partial charge on any atom is -0.496 e. The van der Waals surface area contributed by atoms with Crippen LogP contribution in [0.15, 0.2) is 18.2 Å². The van der Waals surface area contributed by atoms with E-state index in [0.717, 1.165) is 0 Å². The number of methoxy groups -OCH3 is 1. The molecule has 0 aromatic heterocycles. The Balaban J connectivity index is 3.17. The van der Waals surface area contributed by atoms with Crippen molar-refractivity contribution in [1.29, 1.82) is 0 Å². The normalized spacial score (nSPS) is 13.7. The summed E-state index contributed by atoms with van der Waals surface area (Å²) in [6.45, 7) is 1.64. The van der Waals surface area contributed by atoms with Gasteiger partial charge in [0.15, 0.2) is 6.10 Å². The summed E-state index contributed by atoms with van der Waals surface area (Å²) >= 11 is 0. The standard InChI is InChI=1S/C10H11F3O2/c1-6-3-4-8(15-2)7(5-6)9(14)10(11,12)13/h3-5,9,14H,1-2H3/t9-/m1/s1. The zero-order valence-corrected chi connectivity index (χ0v) is 8.30. The summed E-state index contributed by atoms with van der Waals surface area (Å²) in [5, 5.41) is 9.09. The lowest BCUT2D eigenvalue weighted by molar-refractivity contribution is -0.207. The highest BCUT2D eigenvalue weighted by molar-refractivity contribution is 5.38. The Labute approximate surface area is 85.3 Å². The van der Waals surface area contributed by atoms with Crippen molar-refractivity contribution in [2.24, 2.45) is 0 Å². The van der Waals surface area contributed by atoms with Crippen molar-refractivity contribution < 1.29 is 23.0 Å². The number of benzene rings is 1. The highest BCUT2D eigenvalue weighted by Crippen LogP contribution is 2.37. The van der Waals surface area contributed by atoms with Crippen LogP contribution in [0.2, 0.25) is 0 Å². The van der Waals surface area contributed by atoms with Crippen LogP contribution in [-0.4, -0.2) is 18.4 Å². The molecular weight excluding hydrogens is 209 g/mol. The van der Waals surface area contributed by atoms with Crippen LogP contribution in [0.5, 0.6) is 5.75 Å². The molecule has 0 heterocycles. The Morgan fingerprint density at radius 1 is 1.33 bits per heavy atom. The Morgan fingerprint density at radius 2 is 1.93 bits per heavy atom. The van der Waals surface area contributed by atoms with Crippen molar-refractivity contribution in [3.8, 4) is 5.75 Å². The van der Waals surface area contributed by atoms with Crippen LogP contribution in [0.3, 0.4) is 0 Å². The molecule has 1 aromatic carbocycles. The molecule has 0 bridgehead atoms. The summed E-state index contributed by atoms with van der Waals surface area (Å²) in [5.41, 5.74) is 0.374. The summed E-state index contributed by atoms with van der Waals surface area (Å²) in [7, 11) is 1.26. The van der Waals surface area contributed by atoms with Gasteiger partial charge in [0.25, 0.3) is 0 Å². The lowest BCUT2D eigenvalue weighted by atomic mass is 10.1. The van der Waals surface area contributed by atoms with Gasteiger partial charge in [0.05, 0.1) is 7.11 Å². The zero-order valence-electron chi connectivity index (χ0n) is 8.30. The number of alkyl halides is 3. The van der Waals surface area contributed by atoms with Crippen LogP contribution in [0.4, 0.5) is 13.2 Å². The van der Waals surface area contributed by atoms with Crippen LogP contribution in [0.25, 0.3) is 0 Å². The van der Waals surface area contributed by atoms with E-state index < -0.39 is 12.3 Å². The summed E-state index contributed by atoms with van der Waals surface area (Å²) in [6.07, 6.45) is -7.19. The van der Waals surface area contributed by atoms with Crippen LogP contribution in [0.1, 0.15) is 17.2 Å². The molecule has 0 amide bonds. The van der Waals surface area contributed by atoms with Crippen molar-refractivity contribution in [2.75, 3.05) is 7.11 Å². The average molecular weight is 220 g/mol. The first kappa shape index (κ1) is 11.8. The smallest absolute Gasteiger partial charge is 0.418 e. The monoisotopic (exact) mass is 220 g/mol. The molecular formula is C10H11F3O2. The number of aryl methyl sites for hydroxylation is 1. The van der Waals surface area contributed by atoms with Gasteiger partial charge in [-0.25, -0.2) is 0 Å². The van der Waals surface area contributed by atoms with E-state index in [1.165, 1.54) is 19.2 Å². The summed E-state index contributed by atoms with van der Waals surface area (Å²) in [4.78, 5) is 0. The lowest BCUT2D eigenvalue weighted by Gasteiger charge is -2.17. The molecule has 1 atom stereocenters. The van der Waals surface area contributed by atoms with Crippen molar-refractivity contribution in [2.45, 2.75) is 19.2 Å². The second-order valence-electron chi connectivity index (χ2n) is 3.19. The first-order valence-corrected chi connectivity index (χ1v) is 4.25. The lowest BCUT2D eigenvalue weighted by Crippen LogP contribution is -2.20. The van der Waals surface area contributed by atoms with Crippen LogP contribution in [0, 0.1) is 6.92 Å². The Bertz CT molecular complexity index is 347. The second-order valence-corrected chi connectivity index (χ2v) is 3.19. The van der Waals surface area contributed by atoms with E-state index in [-0.39, 0.29) is 11.3 Å². The van der Waals surface area contributed by atoms with E-state index in [1.54, 1.807) is 13.0 Å². The van der Waals surface area contributed by atoms with Gasteiger partial charge in [-0.2, -0.15) is 13.2 Å². The molecule has 0 spiro atoms. The predicted octanol–water partition coefficient (Wildman–Crippen LogP) is 2.60. The van der Waals surface area contributed by atoms with E-state index >= 15 is 0 Å². The van der Waals surface area contributed by atoms with Gasteiger partial charge in [0, 0.05) is 5.56 Å². The molecule has 0 fully saturated rings. The maximum Gasteiger partial charge on any atom is 0.418 e. The molecule has 0 unspecified atom stereocenters. The number of aliphatic hydroxyl groups is 1. The Kier molecular flexibility index (Phi) is 3.24. The fourth-order valence-electron chi connectivity index (χ4n) is 1.24. The molecule has 1 N–H and O–H groups in total. The molecule has 0 saturated carbocycles. The highest BCUT2D eigenvalue weighted by Gasteiger charge is 2.40. The zero-order chi connectivity index (χ0) is 11.6. The predicted molar refractivity (Wildman–Crippen MR) is 48.7 cm³/mol. The molecule has 0 aliphatic heterocycles. The fourth-order valence-corrected chi connectivity index (χ4v) is 1.24. The maximum atomic E-state index is 12.3. The molecule has 5 heteroatoms. The Hall–Kier alpha value is -1.23. The molecule has 0 saturated heterocycles. The van der Waals surface area contributed by atoms with Gasteiger partial charge in [-0.05, 0) is 19.1 Å². The molecule has 1 aromatic rings. The van der Waals surface area contributed by atoms with Crippen LogP contribution < -0.4 is 4.74 Å². The van der Waals surface area contributed by atoms with Gasteiger partial charge in [-0.15, -0.1) is 0 Å². The number of rotatable bonds is 2. The van der Waals surface area contributed by atoms with Gasteiger partial charge in [0.1, 0.15) is 5.75 Å². The van der Waals surface area contributed by atoms with Gasteiger partial charge < -0.3 is 9.84 Å². The van der Waals surface area contributed by atoms with E-state index in [1.807, 2.05) is 0 Å². The van der Waals surface area contributed by atoms with E-state index in [9.17, 15) is 13.2 Å². The average Bonchev–Trinajstić information content (AvgIpc) is 2.15.